The van der Waals surface area contributed by atoms with Crippen molar-refractivity contribution >= 4 is 17.5 Å². The van der Waals surface area contributed by atoms with E-state index < -0.39 is 11.7 Å². The SMILES string of the molecule is O=C(NCc1ccc(-n2ccnc2)cc1)c1ccc(Cl)cc1F. The molecule has 4 nitrogen and oxygen atoms in total. The number of carbonyl (C=O) groups excluding carboxylic acids is 1. The average molecular weight is 330 g/mol. The lowest BCUT2D eigenvalue weighted by Gasteiger charge is -2.08. The quantitative estimate of drug-likeness (QED) is 0.795. The molecular weight excluding hydrogens is 317 g/mol. The zero-order valence-corrected chi connectivity index (χ0v) is 12.8. The van der Waals surface area contributed by atoms with E-state index in [1.165, 1.54) is 12.1 Å². The van der Waals surface area contributed by atoms with Gasteiger partial charge in [0.05, 0.1) is 11.9 Å². The highest BCUT2D eigenvalue weighted by molar-refractivity contribution is 6.30. The second kappa shape index (κ2) is 6.62. The molecule has 0 atom stereocenters. The van der Waals surface area contributed by atoms with Gasteiger partial charge in [0.25, 0.3) is 5.91 Å². The maximum Gasteiger partial charge on any atom is 0.254 e. The van der Waals surface area contributed by atoms with Crippen LogP contribution in [-0.2, 0) is 6.54 Å². The Balaban J connectivity index is 1.65. The summed E-state index contributed by atoms with van der Waals surface area (Å²) >= 11 is 5.67. The highest BCUT2D eigenvalue weighted by Crippen LogP contribution is 2.15. The number of nitrogens with one attached hydrogen (secondary N) is 1. The minimum Gasteiger partial charge on any atom is -0.348 e. The molecule has 0 saturated heterocycles. The molecule has 0 aliphatic carbocycles. The van der Waals surface area contributed by atoms with Gasteiger partial charge in [-0.3, -0.25) is 4.79 Å². The van der Waals surface area contributed by atoms with Gasteiger partial charge in [-0.1, -0.05) is 23.7 Å². The van der Waals surface area contributed by atoms with E-state index in [1.807, 2.05) is 35.0 Å². The summed E-state index contributed by atoms with van der Waals surface area (Å²) in [5.74, 6) is -1.11. The van der Waals surface area contributed by atoms with Crippen LogP contribution < -0.4 is 5.32 Å². The standard InChI is InChI=1S/C17H13ClFN3O/c18-13-3-6-15(16(19)9-13)17(23)21-10-12-1-4-14(5-2-12)22-8-7-20-11-22/h1-9,11H,10H2,(H,21,23). The van der Waals surface area contributed by atoms with Crippen molar-refractivity contribution in [1.82, 2.24) is 14.9 Å². The van der Waals surface area contributed by atoms with Crippen molar-refractivity contribution in [2.75, 3.05) is 0 Å². The lowest BCUT2D eigenvalue weighted by atomic mass is 10.1. The molecule has 0 saturated carbocycles. The second-order valence-electron chi connectivity index (χ2n) is 4.94. The first-order valence-corrected chi connectivity index (χ1v) is 7.32. The van der Waals surface area contributed by atoms with Crippen LogP contribution in [0.3, 0.4) is 0 Å². The number of amides is 1. The van der Waals surface area contributed by atoms with Crippen molar-refractivity contribution in [2.45, 2.75) is 6.54 Å². The van der Waals surface area contributed by atoms with Gasteiger partial charge in [0.15, 0.2) is 0 Å². The number of imidazole rings is 1. The number of aromatic nitrogens is 2. The normalized spacial score (nSPS) is 10.5. The fourth-order valence-corrected chi connectivity index (χ4v) is 2.31. The summed E-state index contributed by atoms with van der Waals surface area (Å²) in [6, 6.07) is 11.6. The number of hydrogen-bond donors (Lipinski definition) is 1. The number of halogens is 2. The van der Waals surface area contributed by atoms with Crippen LogP contribution in [0.5, 0.6) is 0 Å². The maximum absolute atomic E-state index is 13.7. The fraction of sp³-hybridized carbons (Fsp3) is 0.0588. The molecule has 2 aromatic carbocycles. The summed E-state index contributed by atoms with van der Waals surface area (Å²) in [7, 11) is 0. The van der Waals surface area contributed by atoms with E-state index in [-0.39, 0.29) is 10.6 Å². The molecule has 1 N–H and O–H groups in total. The summed E-state index contributed by atoms with van der Waals surface area (Å²) in [6.45, 7) is 0.311. The van der Waals surface area contributed by atoms with Gasteiger partial charge < -0.3 is 9.88 Å². The molecule has 0 unspecified atom stereocenters. The first-order chi connectivity index (χ1) is 11.1. The Hall–Kier alpha value is -2.66. The number of hydrogen-bond acceptors (Lipinski definition) is 2. The molecule has 0 aliphatic heterocycles. The monoisotopic (exact) mass is 329 g/mol. The van der Waals surface area contributed by atoms with Crippen LogP contribution in [-0.4, -0.2) is 15.5 Å². The summed E-state index contributed by atoms with van der Waals surface area (Å²) in [5, 5.41) is 2.95. The molecule has 1 amide bonds. The number of benzene rings is 2. The average Bonchev–Trinajstić information content (AvgIpc) is 3.07. The summed E-state index contributed by atoms with van der Waals surface area (Å²) in [5.41, 5.74) is 1.86. The topological polar surface area (TPSA) is 46.9 Å². The lowest BCUT2D eigenvalue weighted by molar-refractivity contribution is 0.0947. The third-order valence-electron chi connectivity index (χ3n) is 3.37. The molecule has 116 valence electrons. The first-order valence-electron chi connectivity index (χ1n) is 6.94. The smallest absolute Gasteiger partial charge is 0.254 e. The van der Waals surface area contributed by atoms with Crippen molar-refractivity contribution in [3.63, 3.8) is 0 Å². The van der Waals surface area contributed by atoms with Crippen molar-refractivity contribution in [3.05, 3.63) is 83.2 Å². The van der Waals surface area contributed by atoms with E-state index in [4.69, 9.17) is 11.6 Å². The molecule has 6 heteroatoms. The van der Waals surface area contributed by atoms with Gasteiger partial charge in [-0.15, -0.1) is 0 Å². The van der Waals surface area contributed by atoms with Crippen LogP contribution in [0.4, 0.5) is 4.39 Å². The Morgan fingerprint density at radius 2 is 2.00 bits per heavy atom. The van der Waals surface area contributed by atoms with E-state index in [0.717, 1.165) is 17.3 Å². The minimum absolute atomic E-state index is 0.0237. The fourth-order valence-electron chi connectivity index (χ4n) is 2.15. The molecule has 23 heavy (non-hydrogen) atoms. The van der Waals surface area contributed by atoms with Gasteiger partial charge in [-0.2, -0.15) is 0 Å². The Bertz CT molecular complexity index is 816. The first kappa shape index (κ1) is 15.2. The Morgan fingerprint density at radius 3 is 2.65 bits per heavy atom. The molecule has 0 bridgehead atoms. The van der Waals surface area contributed by atoms with Gasteiger partial charge in [-0.05, 0) is 35.9 Å². The molecule has 0 spiro atoms. The van der Waals surface area contributed by atoms with Crippen molar-refractivity contribution in [2.24, 2.45) is 0 Å². The Kier molecular flexibility index (Phi) is 4.39. The van der Waals surface area contributed by atoms with Crippen LogP contribution in [0.25, 0.3) is 5.69 Å². The summed E-state index contributed by atoms with van der Waals surface area (Å²) in [4.78, 5) is 16.0. The van der Waals surface area contributed by atoms with Gasteiger partial charge in [0, 0.05) is 29.6 Å². The number of rotatable bonds is 4. The van der Waals surface area contributed by atoms with E-state index in [0.29, 0.717) is 6.54 Å². The molecule has 0 aliphatic rings. The van der Waals surface area contributed by atoms with Crippen molar-refractivity contribution < 1.29 is 9.18 Å². The van der Waals surface area contributed by atoms with Crippen molar-refractivity contribution in [1.29, 1.82) is 0 Å². The Labute approximate surface area is 137 Å². The minimum atomic E-state index is -0.634. The highest BCUT2D eigenvalue weighted by Gasteiger charge is 2.11. The van der Waals surface area contributed by atoms with Crippen LogP contribution in [0.15, 0.2) is 61.2 Å². The zero-order valence-electron chi connectivity index (χ0n) is 12.0. The van der Waals surface area contributed by atoms with E-state index in [2.05, 4.69) is 10.3 Å². The largest absolute Gasteiger partial charge is 0.348 e. The van der Waals surface area contributed by atoms with Gasteiger partial charge in [0.2, 0.25) is 0 Å². The van der Waals surface area contributed by atoms with Gasteiger partial charge in [0.1, 0.15) is 5.82 Å². The van der Waals surface area contributed by atoms with Gasteiger partial charge >= 0.3 is 0 Å². The van der Waals surface area contributed by atoms with Crippen molar-refractivity contribution in [3.8, 4) is 5.69 Å². The summed E-state index contributed by atoms with van der Waals surface area (Å²) < 4.78 is 15.6. The highest BCUT2D eigenvalue weighted by atomic mass is 35.5. The lowest BCUT2D eigenvalue weighted by Crippen LogP contribution is -2.23. The van der Waals surface area contributed by atoms with E-state index >= 15 is 0 Å². The molecule has 3 rings (SSSR count). The predicted molar refractivity (Wildman–Crippen MR) is 86.1 cm³/mol. The molecule has 1 aromatic heterocycles. The third-order valence-corrected chi connectivity index (χ3v) is 3.60. The number of carbonyl (C=O) groups is 1. The predicted octanol–water partition coefficient (Wildman–Crippen LogP) is 3.59. The second-order valence-corrected chi connectivity index (χ2v) is 5.38. The Morgan fingerprint density at radius 1 is 1.22 bits per heavy atom. The van der Waals surface area contributed by atoms with E-state index in [1.54, 1.807) is 12.5 Å². The van der Waals surface area contributed by atoms with Crippen LogP contribution in [0.2, 0.25) is 5.02 Å². The molecular formula is C17H13ClFN3O. The van der Waals surface area contributed by atoms with Crippen LogP contribution >= 0.6 is 11.6 Å². The van der Waals surface area contributed by atoms with Crippen LogP contribution in [0.1, 0.15) is 15.9 Å². The molecule has 1 heterocycles. The molecule has 3 aromatic rings. The summed E-state index contributed by atoms with van der Waals surface area (Å²) in [6.07, 6.45) is 5.26. The van der Waals surface area contributed by atoms with E-state index in [9.17, 15) is 9.18 Å². The third kappa shape index (κ3) is 3.57. The number of nitrogens with zero attached hydrogens (tertiary/aromatic N) is 2. The van der Waals surface area contributed by atoms with Crippen LogP contribution in [0, 0.1) is 5.82 Å². The van der Waals surface area contributed by atoms with Gasteiger partial charge in [-0.25, -0.2) is 9.37 Å². The molecule has 0 fully saturated rings. The maximum atomic E-state index is 13.7. The molecule has 0 radical (unpaired) electrons. The zero-order chi connectivity index (χ0) is 16.2.